The van der Waals surface area contributed by atoms with E-state index in [-0.39, 0.29) is 42.7 Å². The summed E-state index contributed by atoms with van der Waals surface area (Å²) in [6.45, 7) is 10.1. The minimum Gasteiger partial charge on any atom is -0.341 e. The van der Waals surface area contributed by atoms with E-state index in [0.29, 0.717) is 6.04 Å². The van der Waals surface area contributed by atoms with Crippen LogP contribution < -0.4 is 5.73 Å². The molecule has 24 heavy (non-hydrogen) atoms. The largest absolute Gasteiger partial charge is 0.341 e. The molecule has 1 fully saturated rings. The minimum absolute atomic E-state index is 0. The van der Waals surface area contributed by atoms with Gasteiger partial charge in [-0.25, -0.2) is 0 Å². The van der Waals surface area contributed by atoms with E-state index in [0.717, 1.165) is 38.2 Å². The Balaban J connectivity index is 0.00000264. The lowest BCUT2D eigenvalue weighted by Crippen LogP contribution is -2.41. The molecule has 1 saturated heterocycles. The number of amides is 1. The molecule has 3 unspecified atom stereocenters. The van der Waals surface area contributed by atoms with Crippen molar-refractivity contribution in [1.29, 1.82) is 0 Å². The Morgan fingerprint density at radius 3 is 2.38 bits per heavy atom. The van der Waals surface area contributed by atoms with Gasteiger partial charge >= 0.3 is 0 Å². The Morgan fingerprint density at radius 1 is 1.25 bits per heavy atom. The monoisotopic (exact) mass is 375 g/mol. The number of hydrogen-bond acceptors (Lipinski definition) is 3. The van der Waals surface area contributed by atoms with E-state index in [4.69, 9.17) is 5.73 Å². The molecule has 1 aromatic rings. The average Bonchev–Trinajstić information content (AvgIpc) is 3.04. The molecule has 1 heterocycles. The number of likely N-dealkylation sites (tertiary alicyclic amines) is 1. The molecule has 2 rings (SSSR count). The fourth-order valence-corrected chi connectivity index (χ4v) is 3.39. The van der Waals surface area contributed by atoms with Crippen LogP contribution in [0.3, 0.4) is 0 Å². The Kier molecular flexibility index (Phi) is 10.6. The normalized spacial score (nSPS) is 19.4. The second-order valence-corrected chi connectivity index (χ2v) is 6.17. The van der Waals surface area contributed by atoms with Gasteiger partial charge in [-0.15, -0.1) is 24.8 Å². The number of nitrogens with zero attached hydrogens (tertiary/aromatic N) is 2. The van der Waals surface area contributed by atoms with Crippen LogP contribution in [0.15, 0.2) is 30.3 Å². The first-order valence-corrected chi connectivity index (χ1v) is 8.41. The number of carbonyl (C=O) groups excluding carboxylic acids is 1. The fourth-order valence-electron chi connectivity index (χ4n) is 3.39. The smallest absolute Gasteiger partial charge is 0.227 e. The second-order valence-electron chi connectivity index (χ2n) is 6.17. The third-order valence-electron chi connectivity index (χ3n) is 4.92. The summed E-state index contributed by atoms with van der Waals surface area (Å²) >= 11 is 0. The van der Waals surface area contributed by atoms with Crippen LogP contribution in [0.5, 0.6) is 0 Å². The first kappa shape index (κ1) is 23.2. The summed E-state index contributed by atoms with van der Waals surface area (Å²) in [5.74, 6) is 0.00358. The van der Waals surface area contributed by atoms with Crippen molar-refractivity contribution in [3.63, 3.8) is 0 Å². The van der Waals surface area contributed by atoms with Gasteiger partial charge in [0, 0.05) is 25.2 Å². The molecule has 0 saturated carbocycles. The Hall–Kier alpha value is -0.810. The quantitative estimate of drug-likeness (QED) is 0.830. The summed E-state index contributed by atoms with van der Waals surface area (Å²) in [5.41, 5.74) is 7.33. The lowest BCUT2D eigenvalue weighted by molar-refractivity contribution is -0.134. The van der Waals surface area contributed by atoms with E-state index in [1.54, 1.807) is 0 Å². The zero-order chi connectivity index (χ0) is 16.1. The van der Waals surface area contributed by atoms with Crippen molar-refractivity contribution in [3.8, 4) is 0 Å². The molecule has 1 aliphatic heterocycles. The molecule has 138 valence electrons. The molecule has 0 aromatic heterocycles. The second kappa shape index (κ2) is 10.9. The number of nitrogens with two attached hydrogens (primary N) is 1. The van der Waals surface area contributed by atoms with E-state index in [1.165, 1.54) is 0 Å². The van der Waals surface area contributed by atoms with Gasteiger partial charge in [0.25, 0.3) is 0 Å². The van der Waals surface area contributed by atoms with Crippen LogP contribution in [-0.4, -0.2) is 47.9 Å². The Bertz CT molecular complexity index is 482. The van der Waals surface area contributed by atoms with Crippen LogP contribution in [0.2, 0.25) is 0 Å². The van der Waals surface area contributed by atoms with E-state index >= 15 is 0 Å². The summed E-state index contributed by atoms with van der Waals surface area (Å²) in [4.78, 5) is 17.2. The van der Waals surface area contributed by atoms with Crippen LogP contribution in [0.1, 0.15) is 38.8 Å². The van der Waals surface area contributed by atoms with Crippen molar-refractivity contribution in [2.75, 3.05) is 26.2 Å². The van der Waals surface area contributed by atoms with Crippen molar-refractivity contribution in [2.45, 2.75) is 39.3 Å². The maximum absolute atomic E-state index is 12.7. The van der Waals surface area contributed by atoms with Crippen LogP contribution in [0.25, 0.3) is 0 Å². The predicted octanol–water partition coefficient (Wildman–Crippen LogP) is 3.11. The number of hydrogen-bond donors (Lipinski definition) is 1. The summed E-state index contributed by atoms with van der Waals surface area (Å²) in [6, 6.07) is 10.2. The minimum atomic E-state index is -0.235. The summed E-state index contributed by atoms with van der Waals surface area (Å²) in [7, 11) is 0. The van der Waals surface area contributed by atoms with Crippen molar-refractivity contribution >= 4 is 30.7 Å². The van der Waals surface area contributed by atoms with Crippen LogP contribution in [0.4, 0.5) is 0 Å². The number of carbonyl (C=O) groups is 1. The fraction of sp³-hybridized carbons (Fsp3) is 0.611. The van der Waals surface area contributed by atoms with Gasteiger partial charge in [-0.2, -0.15) is 0 Å². The average molecular weight is 376 g/mol. The molecule has 6 heteroatoms. The van der Waals surface area contributed by atoms with Crippen molar-refractivity contribution in [2.24, 2.45) is 11.7 Å². The molecule has 0 spiro atoms. The first-order chi connectivity index (χ1) is 10.6. The predicted molar refractivity (Wildman–Crippen MR) is 105 cm³/mol. The summed E-state index contributed by atoms with van der Waals surface area (Å²) in [5, 5.41) is 0. The maximum Gasteiger partial charge on any atom is 0.227 e. The van der Waals surface area contributed by atoms with E-state index in [1.807, 2.05) is 42.2 Å². The molecule has 4 nitrogen and oxygen atoms in total. The van der Waals surface area contributed by atoms with Crippen LogP contribution in [0, 0.1) is 5.92 Å². The molecule has 2 N–H and O–H groups in total. The molecule has 0 aliphatic carbocycles. The lowest BCUT2D eigenvalue weighted by Gasteiger charge is -2.28. The zero-order valence-corrected chi connectivity index (χ0v) is 16.5. The van der Waals surface area contributed by atoms with Gasteiger partial charge in [-0.3, -0.25) is 9.69 Å². The number of likely N-dealkylation sites (N-methyl/N-ethyl adjacent to an activating group) is 1. The van der Waals surface area contributed by atoms with Gasteiger partial charge < -0.3 is 10.6 Å². The van der Waals surface area contributed by atoms with Crippen molar-refractivity contribution in [3.05, 3.63) is 35.9 Å². The molecule has 1 amide bonds. The molecule has 0 bridgehead atoms. The Morgan fingerprint density at radius 2 is 1.83 bits per heavy atom. The standard InChI is InChI=1S/C18H29N3O.2ClH/c1-4-20(5-2)16-11-12-21(13-16)18(22)14(3)17(19)15-9-7-6-8-10-15;;/h6-10,14,16-17H,4-5,11-13,19H2,1-3H3;2*1H. The number of halogens is 2. The molecule has 0 radical (unpaired) electrons. The molecule has 1 aromatic carbocycles. The van der Waals surface area contributed by atoms with Gasteiger partial charge in [0.15, 0.2) is 0 Å². The SMILES string of the molecule is CCN(CC)C1CCN(C(=O)C(C)C(N)c2ccccc2)C1.Cl.Cl. The van der Waals surface area contributed by atoms with Gasteiger partial charge in [-0.05, 0) is 25.1 Å². The highest BCUT2D eigenvalue weighted by Gasteiger charge is 2.33. The maximum atomic E-state index is 12.7. The van der Waals surface area contributed by atoms with E-state index < -0.39 is 0 Å². The Labute approximate surface area is 158 Å². The topological polar surface area (TPSA) is 49.6 Å². The molecule has 3 atom stereocenters. The third kappa shape index (κ3) is 5.35. The lowest BCUT2D eigenvalue weighted by atomic mass is 9.94. The van der Waals surface area contributed by atoms with Gasteiger partial charge in [0.2, 0.25) is 5.91 Å². The van der Waals surface area contributed by atoms with Gasteiger partial charge in [0.05, 0.1) is 5.92 Å². The highest BCUT2D eigenvalue weighted by atomic mass is 35.5. The molecule has 1 aliphatic rings. The highest BCUT2D eigenvalue weighted by molar-refractivity contribution is 5.85. The van der Waals surface area contributed by atoms with Crippen molar-refractivity contribution < 1.29 is 4.79 Å². The summed E-state index contributed by atoms with van der Waals surface area (Å²) in [6.07, 6.45) is 1.07. The van der Waals surface area contributed by atoms with E-state index in [2.05, 4.69) is 18.7 Å². The van der Waals surface area contributed by atoms with Gasteiger partial charge in [0.1, 0.15) is 0 Å². The summed E-state index contributed by atoms with van der Waals surface area (Å²) < 4.78 is 0. The van der Waals surface area contributed by atoms with E-state index in [9.17, 15) is 4.79 Å². The number of benzene rings is 1. The third-order valence-corrected chi connectivity index (χ3v) is 4.92. The highest BCUT2D eigenvalue weighted by Crippen LogP contribution is 2.24. The zero-order valence-electron chi connectivity index (χ0n) is 14.9. The van der Waals surface area contributed by atoms with Crippen LogP contribution >= 0.6 is 24.8 Å². The van der Waals surface area contributed by atoms with Crippen LogP contribution in [-0.2, 0) is 4.79 Å². The number of rotatable bonds is 6. The van der Waals surface area contributed by atoms with Crippen molar-refractivity contribution in [1.82, 2.24) is 9.80 Å². The first-order valence-electron chi connectivity index (χ1n) is 8.41. The molecular weight excluding hydrogens is 345 g/mol. The van der Waals surface area contributed by atoms with Gasteiger partial charge in [-0.1, -0.05) is 51.1 Å². The molecular formula is C18H31Cl2N3O.